The minimum absolute atomic E-state index is 0.0428. The lowest BCUT2D eigenvalue weighted by molar-refractivity contribution is -0.141. The highest BCUT2D eigenvalue weighted by atomic mass is 19.1. The van der Waals surface area contributed by atoms with E-state index in [4.69, 9.17) is 4.74 Å². The molecule has 20 heavy (non-hydrogen) atoms. The summed E-state index contributed by atoms with van der Waals surface area (Å²) in [5.74, 6) is 0.159. The van der Waals surface area contributed by atoms with Crippen LogP contribution in [0.4, 0.5) is 4.39 Å². The number of esters is 1. The highest BCUT2D eigenvalue weighted by molar-refractivity contribution is 5.70. The van der Waals surface area contributed by atoms with Crippen LogP contribution in [-0.4, -0.2) is 26.2 Å². The first-order chi connectivity index (χ1) is 9.69. The molecule has 0 amide bonds. The van der Waals surface area contributed by atoms with E-state index in [9.17, 15) is 9.18 Å². The number of methoxy groups -OCH3 is 1. The van der Waals surface area contributed by atoms with E-state index in [-0.39, 0.29) is 17.7 Å². The van der Waals surface area contributed by atoms with Crippen LogP contribution in [-0.2, 0) is 9.53 Å². The number of rotatable bonds is 5. The van der Waals surface area contributed by atoms with Gasteiger partial charge in [-0.25, -0.2) is 4.39 Å². The van der Waals surface area contributed by atoms with Gasteiger partial charge in [-0.1, -0.05) is 12.1 Å². The van der Waals surface area contributed by atoms with E-state index in [2.05, 4.69) is 5.32 Å². The molecule has 2 rings (SSSR count). The Hall–Kier alpha value is -1.42. The molecule has 1 aliphatic heterocycles. The second-order valence-electron chi connectivity index (χ2n) is 5.46. The predicted molar refractivity (Wildman–Crippen MR) is 76.0 cm³/mol. The van der Waals surface area contributed by atoms with Crippen LogP contribution in [0.2, 0.25) is 0 Å². The van der Waals surface area contributed by atoms with Gasteiger partial charge in [-0.3, -0.25) is 4.79 Å². The zero-order chi connectivity index (χ0) is 14.4. The number of carbonyl (C=O) groups is 1. The Morgan fingerprint density at radius 1 is 1.45 bits per heavy atom. The summed E-state index contributed by atoms with van der Waals surface area (Å²) in [4.78, 5) is 11.6. The van der Waals surface area contributed by atoms with Crippen molar-refractivity contribution in [1.29, 1.82) is 0 Å². The maximum absolute atomic E-state index is 13.4. The Bertz CT molecular complexity index is 444. The van der Waals surface area contributed by atoms with Gasteiger partial charge in [0.15, 0.2) is 0 Å². The highest BCUT2D eigenvalue weighted by Gasteiger charge is 2.23. The molecule has 0 aliphatic carbocycles. The second-order valence-corrected chi connectivity index (χ2v) is 5.46. The second kappa shape index (κ2) is 7.39. The van der Waals surface area contributed by atoms with Gasteiger partial charge >= 0.3 is 5.97 Å². The number of piperidine rings is 1. The van der Waals surface area contributed by atoms with Gasteiger partial charge in [0, 0.05) is 0 Å². The van der Waals surface area contributed by atoms with E-state index >= 15 is 0 Å². The van der Waals surface area contributed by atoms with E-state index in [1.54, 1.807) is 6.07 Å². The Balaban J connectivity index is 2.08. The Labute approximate surface area is 119 Å². The normalized spacial score (nSPS) is 17.7. The molecule has 110 valence electrons. The van der Waals surface area contributed by atoms with Crippen molar-refractivity contribution in [2.75, 3.05) is 20.2 Å². The Morgan fingerprint density at radius 3 is 2.85 bits per heavy atom. The topological polar surface area (TPSA) is 38.3 Å². The van der Waals surface area contributed by atoms with E-state index in [1.165, 1.54) is 19.2 Å². The average Bonchev–Trinajstić information content (AvgIpc) is 2.47. The first-order valence-corrected chi connectivity index (χ1v) is 7.22. The average molecular weight is 279 g/mol. The molecule has 1 aromatic carbocycles. The van der Waals surface area contributed by atoms with Crippen LogP contribution in [0.3, 0.4) is 0 Å². The third kappa shape index (κ3) is 4.30. The molecule has 0 saturated carbocycles. The zero-order valence-corrected chi connectivity index (χ0v) is 11.9. The number of hydrogen-bond donors (Lipinski definition) is 1. The summed E-state index contributed by atoms with van der Waals surface area (Å²) in [6, 6.07) is 6.58. The summed E-state index contributed by atoms with van der Waals surface area (Å²) >= 11 is 0. The molecular formula is C16H22FNO2. The minimum Gasteiger partial charge on any atom is -0.469 e. The molecule has 1 aromatic rings. The molecular weight excluding hydrogens is 257 g/mol. The smallest absolute Gasteiger partial charge is 0.306 e. The third-order valence-electron chi connectivity index (χ3n) is 4.04. The van der Waals surface area contributed by atoms with Crippen LogP contribution < -0.4 is 5.32 Å². The van der Waals surface area contributed by atoms with Crippen LogP contribution in [0.1, 0.15) is 37.2 Å². The molecule has 0 bridgehead atoms. The van der Waals surface area contributed by atoms with Crippen molar-refractivity contribution in [2.45, 2.75) is 31.6 Å². The Morgan fingerprint density at radius 2 is 2.20 bits per heavy atom. The van der Waals surface area contributed by atoms with Crippen LogP contribution >= 0.6 is 0 Å². The first kappa shape index (κ1) is 15.0. The summed E-state index contributed by atoms with van der Waals surface area (Å²) < 4.78 is 18.2. The van der Waals surface area contributed by atoms with Gasteiger partial charge in [0.05, 0.1) is 13.5 Å². The molecule has 1 atom stereocenters. The highest BCUT2D eigenvalue weighted by Crippen LogP contribution is 2.31. The van der Waals surface area contributed by atoms with E-state index in [1.807, 2.05) is 6.07 Å². The number of benzene rings is 1. The number of ether oxygens (including phenoxy) is 1. The maximum Gasteiger partial charge on any atom is 0.306 e. The summed E-state index contributed by atoms with van der Waals surface area (Å²) in [5, 5.41) is 3.34. The van der Waals surface area contributed by atoms with Crippen molar-refractivity contribution in [1.82, 2.24) is 5.32 Å². The van der Waals surface area contributed by atoms with Crippen molar-refractivity contribution < 1.29 is 13.9 Å². The Kier molecular flexibility index (Phi) is 5.53. The SMILES string of the molecule is COC(=O)CC(CC1CCNCC1)c1cccc(F)c1. The van der Waals surface area contributed by atoms with Crippen molar-refractivity contribution in [3.63, 3.8) is 0 Å². The molecule has 1 fully saturated rings. The van der Waals surface area contributed by atoms with E-state index in [0.717, 1.165) is 37.9 Å². The van der Waals surface area contributed by atoms with Gasteiger partial charge < -0.3 is 10.1 Å². The number of halogens is 1. The lowest BCUT2D eigenvalue weighted by Gasteiger charge is -2.27. The molecule has 1 unspecified atom stereocenters. The van der Waals surface area contributed by atoms with Gasteiger partial charge in [-0.05, 0) is 61.9 Å². The number of carbonyl (C=O) groups excluding carboxylic acids is 1. The number of hydrogen-bond acceptors (Lipinski definition) is 3. The van der Waals surface area contributed by atoms with E-state index in [0.29, 0.717) is 12.3 Å². The fourth-order valence-corrected chi connectivity index (χ4v) is 2.90. The lowest BCUT2D eigenvalue weighted by Crippen LogP contribution is -2.29. The van der Waals surface area contributed by atoms with Crippen LogP contribution in [0.5, 0.6) is 0 Å². The monoisotopic (exact) mass is 279 g/mol. The predicted octanol–water partition coefficient (Wildman–Crippen LogP) is 2.86. The third-order valence-corrected chi connectivity index (χ3v) is 4.04. The largest absolute Gasteiger partial charge is 0.469 e. The van der Waals surface area contributed by atoms with Crippen molar-refractivity contribution in [2.24, 2.45) is 5.92 Å². The first-order valence-electron chi connectivity index (χ1n) is 7.22. The van der Waals surface area contributed by atoms with Gasteiger partial charge in [0.25, 0.3) is 0 Å². The summed E-state index contributed by atoms with van der Waals surface area (Å²) in [5.41, 5.74) is 0.897. The fourth-order valence-electron chi connectivity index (χ4n) is 2.90. The van der Waals surface area contributed by atoms with Crippen molar-refractivity contribution >= 4 is 5.97 Å². The molecule has 3 nitrogen and oxygen atoms in total. The van der Waals surface area contributed by atoms with Gasteiger partial charge in [-0.15, -0.1) is 0 Å². The molecule has 4 heteroatoms. The van der Waals surface area contributed by atoms with E-state index < -0.39 is 0 Å². The quantitative estimate of drug-likeness (QED) is 0.842. The molecule has 1 heterocycles. The fraction of sp³-hybridized carbons (Fsp3) is 0.562. The summed E-state index contributed by atoms with van der Waals surface area (Å²) in [7, 11) is 1.40. The number of nitrogens with one attached hydrogen (secondary N) is 1. The summed E-state index contributed by atoms with van der Waals surface area (Å²) in [6.07, 6.45) is 3.48. The molecule has 0 aromatic heterocycles. The molecule has 1 N–H and O–H groups in total. The van der Waals surface area contributed by atoms with Crippen molar-refractivity contribution in [3.8, 4) is 0 Å². The molecule has 0 radical (unpaired) electrons. The molecule has 1 saturated heterocycles. The standard InChI is InChI=1S/C16H22FNO2/c1-20-16(19)11-14(9-12-5-7-18-8-6-12)13-3-2-4-15(17)10-13/h2-4,10,12,14,18H,5-9,11H2,1H3. The van der Waals surface area contributed by atoms with Gasteiger partial charge in [-0.2, -0.15) is 0 Å². The van der Waals surface area contributed by atoms with Crippen LogP contribution in [0.15, 0.2) is 24.3 Å². The van der Waals surface area contributed by atoms with Gasteiger partial charge in [0.2, 0.25) is 0 Å². The van der Waals surface area contributed by atoms with Crippen LogP contribution in [0.25, 0.3) is 0 Å². The lowest BCUT2D eigenvalue weighted by atomic mass is 9.82. The minimum atomic E-state index is -0.248. The molecule has 1 aliphatic rings. The van der Waals surface area contributed by atoms with Crippen molar-refractivity contribution in [3.05, 3.63) is 35.6 Å². The van der Waals surface area contributed by atoms with Crippen LogP contribution in [0, 0.1) is 11.7 Å². The summed E-state index contributed by atoms with van der Waals surface area (Å²) in [6.45, 7) is 2.05. The molecule has 0 spiro atoms. The maximum atomic E-state index is 13.4. The zero-order valence-electron chi connectivity index (χ0n) is 11.9. The van der Waals surface area contributed by atoms with Gasteiger partial charge in [0.1, 0.15) is 5.82 Å².